The van der Waals surface area contributed by atoms with Crippen molar-refractivity contribution in [3.05, 3.63) is 29.3 Å². The standard InChI is InChI=1S/C9H6ClNO2/c1-13-8-4-6(9(10)12)2-3-7(8)5-11/h2-4H,1H3. The number of rotatable bonds is 2. The highest BCUT2D eigenvalue weighted by Crippen LogP contribution is 2.19. The molecule has 3 nitrogen and oxygen atoms in total. The number of ether oxygens (including phenoxy) is 1. The Bertz CT molecular complexity index is 382. The van der Waals surface area contributed by atoms with Crippen LogP contribution in [0, 0.1) is 11.3 Å². The van der Waals surface area contributed by atoms with Crippen LogP contribution in [0.4, 0.5) is 0 Å². The van der Waals surface area contributed by atoms with E-state index in [1.54, 1.807) is 0 Å². The van der Waals surface area contributed by atoms with Crippen molar-refractivity contribution >= 4 is 16.8 Å². The fourth-order valence-corrected chi connectivity index (χ4v) is 1.02. The van der Waals surface area contributed by atoms with Crippen molar-refractivity contribution in [1.82, 2.24) is 0 Å². The molecule has 0 radical (unpaired) electrons. The number of hydrogen-bond acceptors (Lipinski definition) is 3. The van der Waals surface area contributed by atoms with Gasteiger partial charge in [-0.25, -0.2) is 0 Å². The minimum absolute atomic E-state index is 0.317. The molecule has 0 unspecified atom stereocenters. The lowest BCUT2D eigenvalue weighted by Crippen LogP contribution is -1.93. The topological polar surface area (TPSA) is 50.1 Å². The van der Waals surface area contributed by atoms with Crippen LogP contribution < -0.4 is 4.74 Å². The van der Waals surface area contributed by atoms with E-state index in [-0.39, 0.29) is 0 Å². The molecule has 1 aromatic carbocycles. The smallest absolute Gasteiger partial charge is 0.252 e. The third-order valence-electron chi connectivity index (χ3n) is 1.55. The third-order valence-corrected chi connectivity index (χ3v) is 1.77. The van der Waals surface area contributed by atoms with Gasteiger partial charge in [0.25, 0.3) is 5.24 Å². The predicted octanol–water partition coefficient (Wildman–Crippen LogP) is 1.95. The maximum absolute atomic E-state index is 10.7. The summed E-state index contributed by atoms with van der Waals surface area (Å²) in [5, 5.41) is 8.06. The minimum atomic E-state index is -0.567. The van der Waals surface area contributed by atoms with Crippen molar-refractivity contribution in [2.45, 2.75) is 0 Å². The second kappa shape index (κ2) is 3.92. The molecule has 13 heavy (non-hydrogen) atoms. The third kappa shape index (κ3) is 1.98. The summed E-state index contributed by atoms with van der Waals surface area (Å²) in [4.78, 5) is 10.7. The molecule has 0 bridgehead atoms. The quantitative estimate of drug-likeness (QED) is 0.678. The van der Waals surface area contributed by atoms with Gasteiger partial charge in [-0.3, -0.25) is 4.79 Å². The molecule has 66 valence electrons. The molecule has 0 spiro atoms. The van der Waals surface area contributed by atoms with E-state index in [4.69, 9.17) is 21.6 Å². The number of halogens is 1. The van der Waals surface area contributed by atoms with E-state index in [0.717, 1.165) is 0 Å². The Kier molecular flexibility index (Phi) is 2.88. The van der Waals surface area contributed by atoms with Crippen LogP contribution in [-0.4, -0.2) is 12.4 Å². The summed E-state index contributed by atoms with van der Waals surface area (Å²) in [6.45, 7) is 0. The Labute approximate surface area is 80.5 Å². The number of benzene rings is 1. The molecule has 4 heteroatoms. The van der Waals surface area contributed by atoms with Crippen molar-refractivity contribution in [3.8, 4) is 11.8 Å². The lowest BCUT2D eigenvalue weighted by Gasteiger charge is -2.02. The van der Waals surface area contributed by atoms with Gasteiger partial charge in [-0.2, -0.15) is 5.26 Å². The van der Waals surface area contributed by atoms with Crippen molar-refractivity contribution < 1.29 is 9.53 Å². The maximum Gasteiger partial charge on any atom is 0.252 e. The highest BCUT2D eigenvalue weighted by atomic mass is 35.5. The molecule has 0 atom stereocenters. The van der Waals surface area contributed by atoms with Gasteiger partial charge in [0.1, 0.15) is 11.8 Å². The highest BCUT2D eigenvalue weighted by Gasteiger charge is 2.07. The van der Waals surface area contributed by atoms with E-state index in [1.807, 2.05) is 6.07 Å². The van der Waals surface area contributed by atoms with Crippen LogP contribution in [0.15, 0.2) is 18.2 Å². The predicted molar refractivity (Wildman–Crippen MR) is 47.9 cm³/mol. The molecule has 0 saturated heterocycles. The lowest BCUT2D eigenvalue weighted by atomic mass is 10.1. The Balaban J connectivity index is 3.23. The van der Waals surface area contributed by atoms with Gasteiger partial charge in [0.05, 0.1) is 12.7 Å². The second-order valence-corrected chi connectivity index (χ2v) is 2.64. The first-order valence-corrected chi connectivity index (χ1v) is 3.85. The molecule has 0 saturated carbocycles. The van der Waals surface area contributed by atoms with E-state index in [1.165, 1.54) is 25.3 Å². The SMILES string of the molecule is COc1cc(C(=O)Cl)ccc1C#N. The summed E-state index contributed by atoms with van der Waals surface area (Å²) in [6.07, 6.45) is 0. The van der Waals surface area contributed by atoms with Crippen LogP contribution in [0.3, 0.4) is 0 Å². The first kappa shape index (κ1) is 9.56. The average Bonchev–Trinajstić information content (AvgIpc) is 2.16. The molecular weight excluding hydrogens is 190 g/mol. The van der Waals surface area contributed by atoms with Gasteiger partial charge in [-0.05, 0) is 29.8 Å². The summed E-state index contributed by atoms with van der Waals surface area (Å²) in [5.41, 5.74) is 0.696. The Hall–Kier alpha value is -1.53. The second-order valence-electron chi connectivity index (χ2n) is 2.30. The summed E-state index contributed by atoms with van der Waals surface area (Å²) in [7, 11) is 1.43. The van der Waals surface area contributed by atoms with E-state index in [2.05, 4.69) is 0 Å². The molecule has 0 amide bonds. The van der Waals surface area contributed by atoms with Crippen LogP contribution in [0.1, 0.15) is 15.9 Å². The summed E-state index contributed by atoms with van der Waals surface area (Å²) in [5.74, 6) is 0.356. The Morgan fingerprint density at radius 3 is 2.77 bits per heavy atom. The normalized spacial score (nSPS) is 9.00. The summed E-state index contributed by atoms with van der Waals surface area (Å²) in [6, 6.07) is 6.35. The van der Waals surface area contributed by atoms with Crippen molar-refractivity contribution in [2.75, 3.05) is 7.11 Å². The maximum atomic E-state index is 10.7. The van der Waals surface area contributed by atoms with Crippen LogP contribution >= 0.6 is 11.6 Å². The van der Waals surface area contributed by atoms with Gasteiger partial charge in [-0.15, -0.1) is 0 Å². The fourth-order valence-electron chi connectivity index (χ4n) is 0.906. The van der Waals surface area contributed by atoms with Gasteiger partial charge in [-0.1, -0.05) is 0 Å². The zero-order valence-corrected chi connectivity index (χ0v) is 7.63. The minimum Gasteiger partial charge on any atom is -0.495 e. The van der Waals surface area contributed by atoms with Crippen LogP contribution in [-0.2, 0) is 0 Å². The molecule has 0 N–H and O–H groups in total. The monoisotopic (exact) mass is 195 g/mol. The molecule has 0 aromatic heterocycles. The Morgan fingerprint density at radius 1 is 1.62 bits per heavy atom. The number of methoxy groups -OCH3 is 1. The van der Waals surface area contributed by atoms with Crippen LogP contribution in [0.2, 0.25) is 0 Å². The van der Waals surface area contributed by atoms with Gasteiger partial charge in [0.2, 0.25) is 0 Å². The van der Waals surface area contributed by atoms with E-state index in [9.17, 15) is 4.79 Å². The average molecular weight is 196 g/mol. The first-order chi connectivity index (χ1) is 6.19. The largest absolute Gasteiger partial charge is 0.495 e. The summed E-state index contributed by atoms with van der Waals surface area (Å²) >= 11 is 5.25. The number of hydrogen-bond donors (Lipinski definition) is 0. The van der Waals surface area contributed by atoms with Crippen LogP contribution in [0.5, 0.6) is 5.75 Å². The Morgan fingerprint density at radius 2 is 2.31 bits per heavy atom. The number of nitriles is 1. The highest BCUT2D eigenvalue weighted by molar-refractivity contribution is 6.67. The number of carbonyl (C=O) groups excluding carboxylic acids is 1. The molecule has 1 aromatic rings. The molecule has 0 aliphatic heterocycles. The first-order valence-electron chi connectivity index (χ1n) is 3.47. The molecule has 0 fully saturated rings. The van der Waals surface area contributed by atoms with E-state index in [0.29, 0.717) is 16.9 Å². The van der Waals surface area contributed by atoms with Gasteiger partial charge in [0.15, 0.2) is 0 Å². The molecule has 0 aliphatic carbocycles. The van der Waals surface area contributed by atoms with E-state index >= 15 is 0 Å². The zero-order chi connectivity index (χ0) is 9.84. The van der Waals surface area contributed by atoms with Gasteiger partial charge in [0, 0.05) is 5.56 Å². The number of carbonyl (C=O) groups is 1. The zero-order valence-electron chi connectivity index (χ0n) is 6.87. The van der Waals surface area contributed by atoms with E-state index < -0.39 is 5.24 Å². The van der Waals surface area contributed by atoms with Crippen molar-refractivity contribution in [2.24, 2.45) is 0 Å². The van der Waals surface area contributed by atoms with Crippen molar-refractivity contribution in [1.29, 1.82) is 5.26 Å². The number of nitrogens with zero attached hydrogens (tertiary/aromatic N) is 1. The molecule has 1 rings (SSSR count). The molecular formula is C9H6ClNO2. The molecule has 0 heterocycles. The lowest BCUT2D eigenvalue weighted by molar-refractivity contribution is 0.108. The fraction of sp³-hybridized carbons (Fsp3) is 0.111. The van der Waals surface area contributed by atoms with Crippen molar-refractivity contribution in [3.63, 3.8) is 0 Å². The molecule has 0 aliphatic rings. The van der Waals surface area contributed by atoms with Gasteiger partial charge >= 0.3 is 0 Å². The van der Waals surface area contributed by atoms with Gasteiger partial charge < -0.3 is 4.74 Å². The van der Waals surface area contributed by atoms with Crippen LogP contribution in [0.25, 0.3) is 0 Å². The summed E-state index contributed by atoms with van der Waals surface area (Å²) < 4.78 is 4.89.